The molecule has 114 valence electrons. The first-order chi connectivity index (χ1) is 9.24. The van der Waals surface area contributed by atoms with Crippen molar-refractivity contribution in [2.75, 3.05) is 19.6 Å². The summed E-state index contributed by atoms with van der Waals surface area (Å²) >= 11 is 0. The van der Waals surface area contributed by atoms with Gasteiger partial charge in [-0.25, -0.2) is 0 Å². The summed E-state index contributed by atoms with van der Waals surface area (Å²) in [6.07, 6.45) is 17.5. The van der Waals surface area contributed by atoms with Gasteiger partial charge in [-0.15, -0.1) is 0 Å². The number of hydrogen-bond donors (Lipinski definition) is 0. The zero-order valence-corrected chi connectivity index (χ0v) is 14.1. The molecule has 0 N–H and O–H groups in total. The van der Waals surface area contributed by atoms with Crippen LogP contribution >= 0.6 is 0 Å². The highest BCUT2D eigenvalue weighted by atomic mass is 15.3. The first-order valence-corrected chi connectivity index (χ1v) is 8.78. The number of unbranched alkanes of at least 4 members (excludes halogenated alkanes) is 8. The molecule has 0 aromatic carbocycles. The molecule has 0 fully saturated rings. The van der Waals surface area contributed by atoms with Gasteiger partial charge in [0.15, 0.2) is 0 Å². The standard InChI is InChI=1S/C18H38N/c1-5-9-10-11-12-13-14-15-16-17-18-19(6-2,7-3)8-4/h17-18H,5-16H2,1-4H3/q+1/b18-17+. The number of rotatable bonds is 13. The fraction of sp³-hybridized carbons (Fsp3) is 0.889. The highest BCUT2D eigenvalue weighted by molar-refractivity contribution is 4.74. The van der Waals surface area contributed by atoms with E-state index in [2.05, 4.69) is 40.0 Å². The van der Waals surface area contributed by atoms with Gasteiger partial charge in [-0.1, -0.05) is 51.9 Å². The minimum absolute atomic E-state index is 1.15. The Kier molecular flexibility index (Phi) is 12.5. The van der Waals surface area contributed by atoms with Crippen molar-refractivity contribution in [3.63, 3.8) is 0 Å². The Morgan fingerprint density at radius 3 is 1.58 bits per heavy atom. The van der Waals surface area contributed by atoms with Gasteiger partial charge in [0, 0.05) is 0 Å². The fourth-order valence-corrected chi connectivity index (χ4v) is 2.68. The smallest absolute Gasteiger partial charge is 0.0917 e. The van der Waals surface area contributed by atoms with Gasteiger partial charge in [0.1, 0.15) is 0 Å². The second-order valence-electron chi connectivity index (χ2n) is 5.82. The van der Waals surface area contributed by atoms with E-state index in [0.29, 0.717) is 0 Å². The number of nitrogens with zero attached hydrogens (tertiary/aromatic N) is 1. The fourth-order valence-electron chi connectivity index (χ4n) is 2.68. The zero-order chi connectivity index (χ0) is 14.4. The van der Waals surface area contributed by atoms with Crippen molar-refractivity contribution in [1.29, 1.82) is 0 Å². The minimum Gasteiger partial charge on any atom is -0.298 e. The lowest BCUT2D eigenvalue weighted by Crippen LogP contribution is -2.41. The van der Waals surface area contributed by atoms with Crippen LogP contribution in [0, 0.1) is 0 Å². The van der Waals surface area contributed by atoms with Gasteiger partial charge in [-0.05, 0) is 39.7 Å². The largest absolute Gasteiger partial charge is 0.298 e. The van der Waals surface area contributed by atoms with Crippen LogP contribution in [0.5, 0.6) is 0 Å². The number of allylic oxidation sites excluding steroid dienone is 1. The van der Waals surface area contributed by atoms with E-state index >= 15 is 0 Å². The summed E-state index contributed by atoms with van der Waals surface area (Å²) in [6, 6.07) is 0. The molecule has 0 aromatic heterocycles. The SMILES string of the molecule is CCCCCCCCCC/C=C/[N+](CC)(CC)CC. The van der Waals surface area contributed by atoms with Crippen LogP contribution < -0.4 is 0 Å². The van der Waals surface area contributed by atoms with Gasteiger partial charge in [0.05, 0.1) is 25.8 Å². The van der Waals surface area contributed by atoms with Gasteiger partial charge < -0.3 is 0 Å². The summed E-state index contributed by atoms with van der Waals surface area (Å²) in [5, 5.41) is 0. The third-order valence-corrected chi connectivity index (χ3v) is 4.54. The van der Waals surface area contributed by atoms with E-state index in [1.807, 2.05) is 0 Å². The van der Waals surface area contributed by atoms with Gasteiger partial charge >= 0.3 is 0 Å². The first kappa shape index (κ1) is 18.7. The molecular weight excluding hydrogens is 230 g/mol. The molecule has 0 aliphatic carbocycles. The van der Waals surface area contributed by atoms with Crippen LogP contribution in [0.2, 0.25) is 0 Å². The van der Waals surface area contributed by atoms with Crippen molar-refractivity contribution in [3.8, 4) is 0 Å². The average molecular weight is 269 g/mol. The maximum atomic E-state index is 2.45. The Balaban J connectivity index is 3.52. The molecule has 0 saturated carbocycles. The molecule has 0 radical (unpaired) electrons. The molecule has 0 bridgehead atoms. The van der Waals surface area contributed by atoms with E-state index in [4.69, 9.17) is 0 Å². The Morgan fingerprint density at radius 2 is 1.11 bits per heavy atom. The number of quaternary nitrogens is 1. The van der Waals surface area contributed by atoms with Crippen LogP contribution in [-0.4, -0.2) is 24.1 Å². The molecule has 0 aliphatic rings. The van der Waals surface area contributed by atoms with E-state index in [0.717, 1.165) is 4.48 Å². The van der Waals surface area contributed by atoms with Crippen molar-refractivity contribution in [2.24, 2.45) is 0 Å². The van der Waals surface area contributed by atoms with Crippen LogP contribution in [0.4, 0.5) is 0 Å². The zero-order valence-electron chi connectivity index (χ0n) is 14.1. The molecule has 1 heteroatoms. The van der Waals surface area contributed by atoms with Crippen molar-refractivity contribution >= 4 is 0 Å². The van der Waals surface area contributed by atoms with Crippen LogP contribution in [0.1, 0.15) is 85.5 Å². The van der Waals surface area contributed by atoms with Crippen molar-refractivity contribution in [2.45, 2.75) is 85.5 Å². The normalized spacial score (nSPS) is 12.4. The molecule has 0 rings (SSSR count). The summed E-state index contributed by atoms with van der Waals surface area (Å²) in [5.41, 5.74) is 0. The lowest BCUT2D eigenvalue weighted by Gasteiger charge is -2.31. The molecule has 0 heterocycles. The predicted molar refractivity (Wildman–Crippen MR) is 88.3 cm³/mol. The topological polar surface area (TPSA) is 0 Å². The molecule has 0 unspecified atom stereocenters. The summed E-state index contributed by atoms with van der Waals surface area (Å²) in [7, 11) is 0. The lowest BCUT2D eigenvalue weighted by atomic mass is 10.1. The Morgan fingerprint density at radius 1 is 0.632 bits per heavy atom. The monoisotopic (exact) mass is 268 g/mol. The minimum atomic E-state index is 1.15. The second kappa shape index (κ2) is 12.7. The lowest BCUT2D eigenvalue weighted by molar-refractivity contribution is -0.874. The molecule has 19 heavy (non-hydrogen) atoms. The molecule has 0 aliphatic heterocycles. The maximum Gasteiger partial charge on any atom is 0.0917 e. The van der Waals surface area contributed by atoms with Crippen LogP contribution in [0.3, 0.4) is 0 Å². The predicted octanol–water partition coefficient (Wildman–Crippen LogP) is 5.91. The molecule has 1 nitrogen and oxygen atoms in total. The molecular formula is C18H38N+. The van der Waals surface area contributed by atoms with Gasteiger partial charge in [0.2, 0.25) is 0 Å². The molecule has 0 atom stereocenters. The Bertz CT molecular complexity index is 195. The van der Waals surface area contributed by atoms with E-state index in [1.54, 1.807) is 0 Å². The second-order valence-corrected chi connectivity index (χ2v) is 5.82. The highest BCUT2D eigenvalue weighted by Crippen LogP contribution is 2.11. The van der Waals surface area contributed by atoms with E-state index < -0.39 is 0 Å². The Hall–Kier alpha value is -0.300. The molecule has 0 saturated heterocycles. The molecule has 0 amide bonds. The van der Waals surface area contributed by atoms with Crippen LogP contribution in [0.25, 0.3) is 0 Å². The van der Waals surface area contributed by atoms with Crippen LogP contribution in [0.15, 0.2) is 12.3 Å². The number of hydrogen-bond acceptors (Lipinski definition) is 0. The van der Waals surface area contributed by atoms with Gasteiger partial charge in [0.25, 0.3) is 0 Å². The maximum absolute atomic E-state index is 2.45. The molecule has 0 aromatic rings. The highest BCUT2D eigenvalue weighted by Gasteiger charge is 2.15. The third-order valence-electron chi connectivity index (χ3n) is 4.54. The van der Waals surface area contributed by atoms with Gasteiger partial charge in [-0.3, -0.25) is 4.48 Å². The Labute approximate surface area is 122 Å². The summed E-state index contributed by atoms with van der Waals surface area (Å²) in [5.74, 6) is 0. The summed E-state index contributed by atoms with van der Waals surface area (Å²) < 4.78 is 1.15. The van der Waals surface area contributed by atoms with E-state index in [9.17, 15) is 0 Å². The quantitative estimate of drug-likeness (QED) is 0.288. The molecule has 0 spiro atoms. The van der Waals surface area contributed by atoms with Crippen molar-refractivity contribution in [3.05, 3.63) is 12.3 Å². The summed E-state index contributed by atoms with van der Waals surface area (Å²) in [6.45, 7) is 12.9. The first-order valence-electron chi connectivity index (χ1n) is 8.78. The van der Waals surface area contributed by atoms with Crippen molar-refractivity contribution in [1.82, 2.24) is 0 Å². The van der Waals surface area contributed by atoms with Crippen molar-refractivity contribution < 1.29 is 4.48 Å². The van der Waals surface area contributed by atoms with Crippen LogP contribution in [-0.2, 0) is 0 Å². The van der Waals surface area contributed by atoms with E-state index in [1.165, 1.54) is 77.4 Å². The summed E-state index contributed by atoms with van der Waals surface area (Å²) in [4.78, 5) is 0. The third kappa shape index (κ3) is 9.27. The van der Waals surface area contributed by atoms with E-state index in [-0.39, 0.29) is 0 Å². The average Bonchev–Trinajstić information content (AvgIpc) is 2.46. The van der Waals surface area contributed by atoms with Gasteiger partial charge in [-0.2, -0.15) is 0 Å².